The van der Waals surface area contributed by atoms with Crippen molar-refractivity contribution in [2.24, 2.45) is 5.73 Å². The Labute approximate surface area is 113 Å². The number of benzene rings is 1. The third-order valence-corrected chi connectivity index (χ3v) is 3.73. The number of nitrogens with two attached hydrogens (primary N) is 1. The van der Waals surface area contributed by atoms with E-state index in [0.29, 0.717) is 0 Å². The molecule has 1 aliphatic heterocycles. The van der Waals surface area contributed by atoms with Crippen molar-refractivity contribution in [3.8, 4) is 5.75 Å². The minimum absolute atomic E-state index is 0.0937. The van der Waals surface area contributed by atoms with Crippen molar-refractivity contribution in [1.29, 1.82) is 0 Å². The van der Waals surface area contributed by atoms with Crippen LogP contribution in [0.1, 0.15) is 35.2 Å². The maximum absolute atomic E-state index is 6.42. The molecule has 0 saturated carbocycles. The van der Waals surface area contributed by atoms with Gasteiger partial charge in [-0.2, -0.15) is 0 Å². The molecule has 2 aromatic rings. The highest BCUT2D eigenvalue weighted by atomic mass is 16.5. The Kier molecular flexibility index (Phi) is 3.22. The molecule has 1 unspecified atom stereocenters. The molecule has 98 valence electrons. The molecular formula is C16H18N2O. The lowest BCUT2D eigenvalue weighted by Gasteiger charge is -2.16. The van der Waals surface area contributed by atoms with E-state index in [9.17, 15) is 0 Å². The molecule has 0 bridgehead atoms. The van der Waals surface area contributed by atoms with Gasteiger partial charge in [-0.1, -0.05) is 19.1 Å². The van der Waals surface area contributed by atoms with Gasteiger partial charge in [-0.15, -0.1) is 0 Å². The lowest BCUT2D eigenvalue weighted by molar-refractivity contribution is 0.357. The predicted molar refractivity (Wildman–Crippen MR) is 75.3 cm³/mol. The van der Waals surface area contributed by atoms with E-state index in [2.05, 4.69) is 24.0 Å². The van der Waals surface area contributed by atoms with Crippen molar-refractivity contribution in [3.63, 3.8) is 0 Å². The Balaban J connectivity index is 1.97. The largest absolute Gasteiger partial charge is 0.493 e. The molecule has 0 amide bonds. The first-order valence-electron chi connectivity index (χ1n) is 6.73. The normalized spacial score (nSPS) is 14.8. The Hall–Kier alpha value is -1.87. The Morgan fingerprint density at radius 3 is 3.11 bits per heavy atom. The lowest BCUT2D eigenvalue weighted by Crippen LogP contribution is -2.14. The van der Waals surface area contributed by atoms with Crippen molar-refractivity contribution >= 4 is 0 Å². The van der Waals surface area contributed by atoms with E-state index in [0.717, 1.165) is 36.3 Å². The summed E-state index contributed by atoms with van der Waals surface area (Å²) in [5.41, 5.74) is 11.2. The summed E-state index contributed by atoms with van der Waals surface area (Å²) in [5, 5.41) is 0. The van der Waals surface area contributed by atoms with Crippen LogP contribution in [0, 0.1) is 0 Å². The summed E-state index contributed by atoms with van der Waals surface area (Å²) in [5.74, 6) is 1.00. The topological polar surface area (TPSA) is 48.1 Å². The average Bonchev–Trinajstić information content (AvgIpc) is 2.93. The third kappa shape index (κ3) is 2.22. The average molecular weight is 254 g/mol. The molecule has 0 radical (unpaired) electrons. The second-order valence-corrected chi connectivity index (χ2v) is 4.87. The number of pyridine rings is 1. The fourth-order valence-corrected chi connectivity index (χ4v) is 2.62. The summed E-state index contributed by atoms with van der Waals surface area (Å²) in [6, 6.07) is 8.20. The summed E-state index contributed by atoms with van der Waals surface area (Å²) in [6.07, 6.45) is 5.65. The van der Waals surface area contributed by atoms with E-state index >= 15 is 0 Å². The van der Waals surface area contributed by atoms with Crippen LogP contribution in [-0.4, -0.2) is 11.6 Å². The van der Waals surface area contributed by atoms with Gasteiger partial charge in [0.1, 0.15) is 5.75 Å². The van der Waals surface area contributed by atoms with Crippen LogP contribution < -0.4 is 10.5 Å². The van der Waals surface area contributed by atoms with Gasteiger partial charge in [0.2, 0.25) is 0 Å². The summed E-state index contributed by atoms with van der Waals surface area (Å²) < 4.78 is 5.53. The summed E-state index contributed by atoms with van der Waals surface area (Å²) in [4.78, 5) is 4.17. The van der Waals surface area contributed by atoms with E-state index in [1.807, 2.05) is 24.5 Å². The van der Waals surface area contributed by atoms with Gasteiger partial charge in [0.15, 0.2) is 0 Å². The molecule has 2 N–H and O–H groups in total. The van der Waals surface area contributed by atoms with Crippen molar-refractivity contribution in [3.05, 3.63) is 58.9 Å². The molecule has 19 heavy (non-hydrogen) atoms. The van der Waals surface area contributed by atoms with Crippen LogP contribution in [0.25, 0.3) is 0 Å². The number of hydrogen-bond acceptors (Lipinski definition) is 3. The molecule has 2 heterocycles. The first-order valence-corrected chi connectivity index (χ1v) is 6.73. The smallest absolute Gasteiger partial charge is 0.122 e. The van der Waals surface area contributed by atoms with Gasteiger partial charge in [-0.05, 0) is 40.8 Å². The Morgan fingerprint density at radius 1 is 1.37 bits per heavy atom. The Morgan fingerprint density at radius 2 is 2.26 bits per heavy atom. The second kappa shape index (κ2) is 5.02. The minimum Gasteiger partial charge on any atom is -0.493 e. The molecule has 0 fully saturated rings. The monoisotopic (exact) mass is 254 g/mol. The maximum Gasteiger partial charge on any atom is 0.122 e. The number of aryl methyl sites for hydroxylation is 1. The van der Waals surface area contributed by atoms with Crippen LogP contribution in [0.5, 0.6) is 5.75 Å². The van der Waals surface area contributed by atoms with Crippen LogP contribution in [0.3, 0.4) is 0 Å². The van der Waals surface area contributed by atoms with E-state index in [1.54, 1.807) is 0 Å². The second-order valence-electron chi connectivity index (χ2n) is 4.87. The highest BCUT2D eigenvalue weighted by Gasteiger charge is 2.17. The molecule has 0 spiro atoms. The standard InChI is InChI=1S/C16H18N2O/c1-2-11-10-18-7-5-14(11)16(17)13-3-4-15-12(9-13)6-8-19-15/h3-5,7,9-10,16H,2,6,8,17H2,1H3. The van der Waals surface area contributed by atoms with E-state index < -0.39 is 0 Å². The fourth-order valence-electron chi connectivity index (χ4n) is 2.62. The van der Waals surface area contributed by atoms with Gasteiger partial charge in [-0.3, -0.25) is 4.98 Å². The number of ether oxygens (including phenoxy) is 1. The zero-order chi connectivity index (χ0) is 13.2. The van der Waals surface area contributed by atoms with Crippen LogP contribution in [0.2, 0.25) is 0 Å². The zero-order valence-electron chi connectivity index (χ0n) is 11.1. The van der Waals surface area contributed by atoms with Crippen molar-refractivity contribution in [1.82, 2.24) is 4.98 Å². The summed E-state index contributed by atoms with van der Waals surface area (Å²) >= 11 is 0. The zero-order valence-corrected chi connectivity index (χ0v) is 11.1. The van der Waals surface area contributed by atoms with Crippen LogP contribution in [-0.2, 0) is 12.8 Å². The SMILES string of the molecule is CCc1cnccc1C(N)c1ccc2c(c1)CCO2. The highest BCUT2D eigenvalue weighted by Crippen LogP contribution is 2.30. The molecule has 1 atom stereocenters. The first-order chi connectivity index (χ1) is 9.29. The number of fused-ring (bicyclic) bond motifs is 1. The minimum atomic E-state index is -0.0937. The van der Waals surface area contributed by atoms with Crippen molar-refractivity contribution in [2.75, 3.05) is 6.61 Å². The number of aromatic nitrogens is 1. The highest BCUT2D eigenvalue weighted by molar-refractivity contribution is 5.44. The van der Waals surface area contributed by atoms with E-state index in [1.165, 1.54) is 11.1 Å². The molecular weight excluding hydrogens is 236 g/mol. The number of nitrogens with zero attached hydrogens (tertiary/aromatic N) is 1. The molecule has 0 saturated heterocycles. The van der Waals surface area contributed by atoms with Crippen LogP contribution in [0.4, 0.5) is 0 Å². The predicted octanol–water partition coefficient (Wildman–Crippen LogP) is 2.63. The van der Waals surface area contributed by atoms with E-state index in [4.69, 9.17) is 10.5 Å². The number of hydrogen-bond donors (Lipinski definition) is 1. The van der Waals surface area contributed by atoms with Gasteiger partial charge in [0.05, 0.1) is 12.6 Å². The van der Waals surface area contributed by atoms with Crippen LogP contribution >= 0.6 is 0 Å². The van der Waals surface area contributed by atoms with Gasteiger partial charge in [0.25, 0.3) is 0 Å². The molecule has 3 nitrogen and oxygen atoms in total. The molecule has 1 aliphatic rings. The van der Waals surface area contributed by atoms with Crippen LogP contribution in [0.15, 0.2) is 36.7 Å². The first kappa shape index (κ1) is 12.2. The van der Waals surface area contributed by atoms with Crippen molar-refractivity contribution < 1.29 is 4.74 Å². The quantitative estimate of drug-likeness (QED) is 0.916. The lowest BCUT2D eigenvalue weighted by atomic mass is 9.94. The third-order valence-electron chi connectivity index (χ3n) is 3.73. The van der Waals surface area contributed by atoms with Gasteiger partial charge >= 0.3 is 0 Å². The van der Waals surface area contributed by atoms with Gasteiger partial charge in [0, 0.05) is 18.8 Å². The van der Waals surface area contributed by atoms with E-state index in [-0.39, 0.29) is 6.04 Å². The molecule has 0 aliphatic carbocycles. The fraction of sp³-hybridized carbons (Fsp3) is 0.312. The molecule has 1 aromatic heterocycles. The van der Waals surface area contributed by atoms with Gasteiger partial charge < -0.3 is 10.5 Å². The Bertz CT molecular complexity index is 595. The van der Waals surface area contributed by atoms with Crippen molar-refractivity contribution in [2.45, 2.75) is 25.8 Å². The molecule has 3 rings (SSSR count). The van der Waals surface area contributed by atoms with Gasteiger partial charge in [-0.25, -0.2) is 0 Å². The molecule has 1 aromatic carbocycles. The number of rotatable bonds is 3. The summed E-state index contributed by atoms with van der Waals surface area (Å²) in [7, 11) is 0. The summed E-state index contributed by atoms with van der Waals surface area (Å²) in [6.45, 7) is 2.91. The molecule has 3 heteroatoms. The maximum atomic E-state index is 6.42.